The SMILES string of the molecule is CC.CCC.CCC.CCCCNC. The lowest BCUT2D eigenvalue weighted by atomic mass is 10.3. The molecule has 0 amide bonds. The van der Waals surface area contributed by atoms with Gasteiger partial charge in [-0.25, -0.2) is 0 Å². The normalized spacial score (nSPS) is 6.86. The van der Waals surface area contributed by atoms with Crippen LogP contribution >= 0.6 is 0 Å². The Morgan fingerprint density at radius 1 is 0.786 bits per heavy atom. The van der Waals surface area contributed by atoms with Gasteiger partial charge in [-0.15, -0.1) is 0 Å². The van der Waals surface area contributed by atoms with E-state index in [-0.39, 0.29) is 0 Å². The van der Waals surface area contributed by atoms with E-state index in [2.05, 4.69) is 39.9 Å². The van der Waals surface area contributed by atoms with Crippen LogP contribution in [0.1, 0.15) is 74.1 Å². The molecule has 0 aliphatic rings. The average Bonchev–Trinajstić information content (AvgIpc) is 2.20. The molecule has 0 unspecified atom stereocenters. The molecule has 0 aromatic heterocycles. The van der Waals surface area contributed by atoms with Crippen LogP contribution in [0.2, 0.25) is 0 Å². The molecule has 0 rings (SSSR count). The van der Waals surface area contributed by atoms with Crippen molar-refractivity contribution < 1.29 is 0 Å². The van der Waals surface area contributed by atoms with Crippen molar-refractivity contribution in [2.45, 2.75) is 74.1 Å². The molecule has 0 atom stereocenters. The van der Waals surface area contributed by atoms with E-state index < -0.39 is 0 Å². The summed E-state index contributed by atoms with van der Waals surface area (Å²) in [5.74, 6) is 0. The van der Waals surface area contributed by atoms with Crippen molar-refractivity contribution in [3.63, 3.8) is 0 Å². The Bertz CT molecular complexity index is 30.2. The van der Waals surface area contributed by atoms with Crippen molar-refractivity contribution in [3.05, 3.63) is 0 Å². The highest BCUT2D eigenvalue weighted by molar-refractivity contribution is 4.34. The Morgan fingerprint density at radius 3 is 1.14 bits per heavy atom. The van der Waals surface area contributed by atoms with Crippen LogP contribution in [-0.4, -0.2) is 13.6 Å². The average molecular weight is 205 g/mol. The zero-order chi connectivity index (χ0) is 12.2. The molecule has 1 N–H and O–H groups in total. The lowest BCUT2D eigenvalue weighted by molar-refractivity contribution is 0.711. The first-order valence-electron chi connectivity index (χ1n) is 6.39. The van der Waals surface area contributed by atoms with Crippen molar-refractivity contribution >= 4 is 0 Å². The molecule has 0 aromatic carbocycles. The molecular weight excluding hydrogens is 170 g/mol. The zero-order valence-corrected chi connectivity index (χ0v) is 12.0. The fourth-order valence-corrected chi connectivity index (χ4v) is 0.354. The van der Waals surface area contributed by atoms with Crippen LogP contribution in [0.3, 0.4) is 0 Å². The predicted octanol–water partition coefficient (Wildman–Crippen LogP) is 4.86. The van der Waals surface area contributed by atoms with E-state index in [9.17, 15) is 0 Å². The first-order valence-corrected chi connectivity index (χ1v) is 6.39. The van der Waals surface area contributed by atoms with Crippen LogP contribution in [-0.2, 0) is 0 Å². The molecule has 0 saturated carbocycles. The van der Waals surface area contributed by atoms with Crippen LogP contribution in [0.25, 0.3) is 0 Å². The van der Waals surface area contributed by atoms with Gasteiger partial charge in [0.05, 0.1) is 0 Å². The Balaban J connectivity index is -0.0000000536. The zero-order valence-electron chi connectivity index (χ0n) is 12.0. The summed E-state index contributed by atoms with van der Waals surface area (Å²) in [7, 11) is 1.98. The largest absolute Gasteiger partial charge is 0.320 e. The van der Waals surface area contributed by atoms with Crippen molar-refractivity contribution in [3.8, 4) is 0 Å². The van der Waals surface area contributed by atoms with E-state index in [1.807, 2.05) is 20.9 Å². The summed E-state index contributed by atoms with van der Waals surface area (Å²) in [6.45, 7) is 15.9. The Hall–Kier alpha value is -0.0400. The van der Waals surface area contributed by atoms with Crippen LogP contribution in [0.15, 0.2) is 0 Å². The highest BCUT2D eigenvalue weighted by Gasteiger charge is 1.73. The van der Waals surface area contributed by atoms with Gasteiger partial charge in [0.15, 0.2) is 0 Å². The number of hydrogen-bond acceptors (Lipinski definition) is 1. The third kappa shape index (κ3) is 164. The van der Waals surface area contributed by atoms with Crippen molar-refractivity contribution in [2.24, 2.45) is 0 Å². The molecule has 0 bridgehead atoms. The highest BCUT2D eigenvalue weighted by atomic mass is 14.8. The van der Waals surface area contributed by atoms with Crippen molar-refractivity contribution in [1.82, 2.24) is 5.32 Å². The van der Waals surface area contributed by atoms with E-state index >= 15 is 0 Å². The summed E-state index contributed by atoms with van der Waals surface area (Å²) in [5, 5.41) is 3.07. The van der Waals surface area contributed by atoms with E-state index in [1.54, 1.807) is 0 Å². The number of unbranched alkanes of at least 4 members (excludes halogenated alkanes) is 1. The lowest BCUT2D eigenvalue weighted by Gasteiger charge is -1.89. The Morgan fingerprint density at radius 2 is 1.07 bits per heavy atom. The van der Waals surface area contributed by atoms with Gasteiger partial charge < -0.3 is 5.32 Å². The van der Waals surface area contributed by atoms with Gasteiger partial charge in [-0.05, 0) is 20.0 Å². The summed E-state index contributed by atoms with van der Waals surface area (Å²) in [5.41, 5.74) is 0. The molecular formula is C13H35N. The second kappa shape index (κ2) is 52.2. The highest BCUT2D eigenvalue weighted by Crippen LogP contribution is 1.79. The first-order chi connectivity index (χ1) is 6.74. The fraction of sp³-hybridized carbons (Fsp3) is 1.00. The minimum Gasteiger partial charge on any atom is -0.320 e. The van der Waals surface area contributed by atoms with Gasteiger partial charge in [0.1, 0.15) is 0 Å². The fourth-order valence-electron chi connectivity index (χ4n) is 0.354. The minimum atomic E-state index is 1.16. The topological polar surface area (TPSA) is 12.0 Å². The van der Waals surface area contributed by atoms with Crippen molar-refractivity contribution in [2.75, 3.05) is 13.6 Å². The van der Waals surface area contributed by atoms with Gasteiger partial charge in [0.25, 0.3) is 0 Å². The molecule has 0 heterocycles. The van der Waals surface area contributed by atoms with Gasteiger partial charge in [-0.3, -0.25) is 0 Å². The third-order valence-corrected chi connectivity index (χ3v) is 0.780. The van der Waals surface area contributed by atoms with E-state index in [1.165, 1.54) is 25.7 Å². The first kappa shape index (κ1) is 23.6. The molecule has 1 nitrogen and oxygen atoms in total. The molecule has 1 heteroatoms. The van der Waals surface area contributed by atoms with Gasteiger partial charge in [-0.2, -0.15) is 0 Å². The second-order valence-electron chi connectivity index (χ2n) is 2.87. The molecule has 0 aliphatic heterocycles. The molecule has 0 aliphatic carbocycles. The van der Waals surface area contributed by atoms with Gasteiger partial charge in [0.2, 0.25) is 0 Å². The monoisotopic (exact) mass is 205 g/mol. The quantitative estimate of drug-likeness (QED) is 0.649. The minimum absolute atomic E-state index is 1.16. The smallest absolute Gasteiger partial charge is 0.00520 e. The number of hydrogen-bond donors (Lipinski definition) is 1. The van der Waals surface area contributed by atoms with Crippen LogP contribution in [0, 0.1) is 0 Å². The standard InChI is InChI=1S/C5H13N.2C3H8.C2H6/c1-3-4-5-6-2;2*1-3-2;1-2/h6H,3-5H2,1-2H3;2*3H2,1-2H3;1-2H3. The summed E-state index contributed by atoms with van der Waals surface area (Å²) in [6, 6.07) is 0. The molecule has 0 saturated heterocycles. The molecule has 0 spiro atoms. The van der Waals surface area contributed by atoms with E-state index in [0.717, 1.165) is 6.54 Å². The molecule has 92 valence electrons. The summed E-state index contributed by atoms with van der Waals surface area (Å²) in [4.78, 5) is 0. The lowest BCUT2D eigenvalue weighted by Crippen LogP contribution is -2.06. The van der Waals surface area contributed by atoms with Gasteiger partial charge in [0, 0.05) is 0 Å². The van der Waals surface area contributed by atoms with E-state index in [0.29, 0.717) is 0 Å². The number of rotatable bonds is 3. The maximum atomic E-state index is 3.07. The van der Waals surface area contributed by atoms with Gasteiger partial charge >= 0.3 is 0 Å². The summed E-state index contributed by atoms with van der Waals surface area (Å²) < 4.78 is 0. The maximum absolute atomic E-state index is 3.07. The molecule has 14 heavy (non-hydrogen) atoms. The van der Waals surface area contributed by atoms with Crippen LogP contribution in [0.5, 0.6) is 0 Å². The van der Waals surface area contributed by atoms with Crippen LogP contribution in [0.4, 0.5) is 0 Å². The Labute approximate surface area is 93.7 Å². The molecule has 0 fully saturated rings. The summed E-state index contributed by atoms with van der Waals surface area (Å²) in [6.07, 6.45) is 5.09. The van der Waals surface area contributed by atoms with E-state index in [4.69, 9.17) is 0 Å². The molecule has 0 radical (unpaired) electrons. The van der Waals surface area contributed by atoms with Gasteiger partial charge in [-0.1, -0.05) is 67.7 Å². The van der Waals surface area contributed by atoms with Crippen LogP contribution < -0.4 is 5.32 Å². The second-order valence-corrected chi connectivity index (χ2v) is 2.87. The summed E-state index contributed by atoms with van der Waals surface area (Å²) >= 11 is 0. The predicted molar refractivity (Wildman–Crippen MR) is 72.1 cm³/mol. The molecule has 0 aromatic rings. The van der Waals surface area contributed by atoms with Crippen molar-refractivity contribution in [1.29, 1.82) is 0 Å². The number of nitrogens with one attached hydrogen (secondary N) is 1. The maximum Gasteiger partial charge on any atom is -0.00520 e. The Kier molecular flexibility index (Phi) is 88.1. The third-order valence-electron chi connectivity index (χ3n) is 0.780.